The molecule has 110 valence electrons. The molecule has 1 amide bonds. The van der Waals surface area contributed by atoms with Crippen LogP contribution in [-0.4, -0.2) is 24.5 Å². The average molecular weight is 285 g/mol. The number of hydrogen-bond acceptors (Lipinski definition) is 4. The maximum atomic E-state index is 11.8. The van der Waals surface area contributed by atoms with Gasteiger partial charge in [-0.15, -0.1) is 0 Å². The molecule has 0 aliphatic rings. The number of anilines is 1. The van der Waals surface area contributed by atoms with Crippen LogP contribution in [0.5, 0.6) is 5.75 Å². The minimum Gasteiger partial charge on any atom is -0.482 e. The average Bonchev–Trinajstić information content (AvgIpc) is 2.49. The van der Waals surface area contributed by atoms with Crippen LogP contribution in [0.3, 0.4) is 0 Å². The number of carbonyl (C=O) groups is 1. The Morgan fingerprint density at radius 3 is 2.57 bits per heavy atom. The lowest BCUT2D eigenvalue weighted by Gasteiger charge is -2.08. The van der Waals surface area contributed by atoms with Crippen molar-refractivity contribution in [3.8, 4) is 5.75 Å². The van der Waals surface area contributed by atoms with E-state index in [0.29, 0.717) is 12.3 Å². The second kappa shape index (κ2) is 7.40. The van der Waals surface area contributed by atoms with Gasteiger partial charge in [0, 0.05) is 12.2 Å². The monoisotopic (exact) mass is 285 g/mol. The number of ether oxygens (including phenoxy) is 1. The molecular weight excluding hydrogens is 266 g/mol. The Kier molecular flexibility index (Phi) is 5.29. The molecule has 2 rings (SSSR count). The van der Waals surface area contributed by atoms with E-state index < -0.39 is 0 Å². The van der Waals surface area contributed by atoms with Crippen molar-refractivity contribution < 1.29 is 9.53 Å². The third kappa shape index (κ3) is 4.89. The van der Waals surface area contributed by atoms with Gasteiger partial charge in [0.2, 0.25) is 0 Å². The fourth-order valence-electron chi connectivity index (χ4n) is 1.76. The number of benzene rings is 1. The summed E-state index contributed by atoms with van der Waals surface area (Å²) in [5.74, 6) is 0.382. The number of carbonyl (C=O) groups excluding carboxylic acids is 1. The van der Waals surface area contributed by atoms with Crippen molar-refractivity contribution in [2.75, 3.05) is 19.0 Å². The number of aromatic nitrogens is 1. The summed E-state index contributed by atoms with van der Waals surface area (Å²) >= 11 is 0. The quantitative estimate of drug-likeness (QED) is 0.853. The van der Waals surface area contributed by atoms with Crippen LogP contribution >= 0.6 is 0 Å². The Labute approximate surface area is 124 Å². The Balaban J connectivity index is 1.81. The van der Waals surface area contributed by atoms with E-state index in [2.05, 4.69) is 15.6 Å². The molecule has 0 aliphatic heterocycles. The van der Waals surface area contributed by atoms with E-state index >= 15 is 0 Å². The molecule has 0 aliphatic carbocycles. The Hall–Kier alpha value is -2.40. The van der Waals surface area contributed by atoms with Crippen LogP contribution in [0.4, 0.5) is 5.69 Å². The van der Waals surface area contributed by atoms with Gasteiger partial charge < -0.3 is 15.4 Å². The number of pyridine rings is 1. The molecule has 1 aromatic heterocycles. The molecule has 2 aromatic rings. The molecule has 0 unspecified atom stereocenters. The fraction of sp³-hybridized carbons (Fsp3) is 0.250. The lowest BCUT2D eigenvalue weighted by atomic mass is 10.2. The summed E-state index contributed by atoms with van der Waals surface area (Å²) < 4.78 is 5.40. The van der Waals surface area contributed by atoms with Gasteiger partial charge in [-0.05, 0) is 38.2 Å². The Bertz CT molecular complexity index is 579. The topological polar surface area (TPSA) is 63.2 Å². The Morgan fingerprint density at radius 1 is 1.19 bits per heavy atom. The molecular formula is C16H19N3O2. The first kappa shape index (κ1) is 15.0. The highest BCUT2D eigenvalue weighted by molar-refractivity contribution is 5.91. The van der Waals surface area contributed by atoms with Crippen molar-refractivity contribution in [1.29, 1.82) is 0 Å². The van der Waals surface area contributed by atoms with Gasteiger partial charge in [0.25, 0.3) is 5.91 Å². The van der Waals surface area contributed by atoms with Crippen LogP contribution in [0.1, 0.15) is 11.3 Å². The van der Waals surface area contributed by atoms with Gasteiger partial charge in [-0.25, -0.2) is 0 Å². The van der Waals surface area contributed by atoms with Crippen molar-refractivity contribution >= 4 is 11.6 Å². The first-order valence-electron chi connectivity index (χ1n) is 6.76. The second-order valence-electron chi connectivity index (χ2n) is 4.72. The lowest BCUT2D eigenvalue weighted by Crippen LogP contribution is -2.20. The highest BCUT2D eigenvalue weighted by atomic mass is 16.5. The van der Waals surface area contributed by atoms with Gasteiger partial charge in [-0.2, -0.15) is 0 Å². The van der Waals surface area contributed by atoms with Crippen LogP contribution in [0.25, 0.3) is 0 Å². The largest absolute Gasteiger partial charge is 0.482 e. The summed E-state index contributed by atoms with van der Waals surface area (Å²) in [7, 11) is 1.86. The normalized spacial score (nSPS) is 10.2. The van der Waals surface area contributed by atoms with Crippen LogP contribution in [-0.2, 0) is 11.3 Å². The molecule has 1 aromatic carbocycles. The van der Waals surface area contributed by atoms with Crippen LogP contribution in [0, 0.1) is 6.92 Å². The molecule has 1 heterocycles. The molecule has 0 fully saturated rings. The molecule has 0 atom stereocenters. The summed E-state index contributed by atoms with van der Waals surface area (Å²) in [6, 6.07) is 11.3. The zero-order valence-electron chi connectivity index (χ0n) is 12.2. The Morgan fingerprint density at radius 2 is 1.95 bits per heavy atom. The van der Waals surface area contributed by atoms with E-state index in [1.165, 1.54) is 0 Å². The van der Waals surface area contributed by atoms with Gasteiger partial charge >= 0.3 is 0 Å². The highest BCUT2D eigenvalue weighted by Gasteiger charge is 2.04. The zero-order chi connectivity index (χ0) is 15.1. The van der Waals surface area contributed by atoms with Gasteiger partial charge in [0.15, 0.2) is 6.61 Å². The molecule has 0 spiro atoms. The van der Waals surface area contributed by atoms with Gasteiger partial charge in [-0.3, -0.25) is 9.78 Å². The van der Waals surface area contributed by atoms with E-state index in [-0.39, 0.29) is 12.5 Å². The molecule has 0 saturated carbocycles. The zero-order valence-corrected chi connectivity index (χ0v) is 12.2. The van der Waals surface area contributed by atoms with Crippen LogP contribution < -0.4 is 15.4 Å². The van der Waals surface area contributed by atoms with E-state index in [4.69, 9.17) is 4.74 Å². The van der Waals surface area contributed by atoms with Crippen molar-refractivity contribution in [1.82, 2.24) is 10.3 Å². The van der Waals surface area contributed by atoms with Gasteiger partial charge in [0.05, 0.1) is 11.9 Å². The predicted octanol–water partition coefficient (Wildman–Crippen LogP) is 2.13. The molecule has 2 N–H and O–H groups in total. The summed E-state index contributed by atoms with van der Waals surface area (Å²) in [6.45, 7) is 2.66. The first-order chi connectivity index (χ1) is 10.2. The minimum atomic E-state index is -0.196. The van der Waals surface area contributed by atoms with Crippen molar-refractivity contribution in [2.45, 2.75) is 13.5 Å². The minimum absolute atomic E-state index is 0.0407. The van der Waals surface area contributed by atoms with E-state index in [1.54, 1.807) is 12.3 Å². The van der Waals surface area contributed by atoms with Crippen LogP contribution in [0.15, 0.2) is 42.6 Å². The maximum absolute atomic E-state index is 11.8. The van der Waals surface area contributed by atoms with Crippen molar-refractivity contribution in [3.05, 3.63) is 53.9 Å². The third-order valence-electron chi connectivity index (χ3n) is 2.86. The van der Waals surface area contributed by atoms with Crippen molar-refractivity contribution in [2.24, 2.45) is 0 Å². The summed E-state index contributed by atoms with van der Waals surface area (Å²) in [5.41, 5.74) is 2.84. The summed E-state index contributed by atoms with van der Waals surface area (Å²) in [6.07, 6.45) is 1.62. The lowest BCUT2D eigenvalue weighted by molar-refractivity contribution is -0.118. The molecule has 0 saturated heterocycles. The van der Waals surface area contributed by atoms with E-state index in [0.717, 1.165) is 16.9 Å². The first-order valence-corrected chi connectivity index (χ1v) is 6.76. The fourth-order valence-corrected chi connectivity index (χ4v) is 1.76. The number of hydrogen-bond donors (Lipinski definition) is 2. The number of amides is 1. The van der Waals surface area contributed by atoms with E-state index in [1.807, 2.05) is 44.3 Å². The van der Waals surface area contributed by atoms with Gasteiger partial charge in [0.1, 0.15) is 5.75 Å². The summed E-state index contributed by atoms with van der Waals surface area (Å²) in [5, 5.41) is 5.79. The summed E-state index contributed by atoms with van der Waals surface area (Å²) in [4.78, 5) is 16.0. The third-order valence-corrected chi connectivity index (χ3v) is 2.86. The maximum Gasteiger partial charge on any atom is 0.262 e. The number of aryl methyl sites for hydroxylation is 1. The molecule has 21 heavy (non-hydrogen) atoms. The SMILES string of the molecule is CNCc1ccc(OCC(=O)Nc2ccc(C)cc2)cn1. The molecule has 0 bridgehead atoms. The number of nitrogens with zero attached hydrogens (tertiary/aromatic N) is 1. The molecule has 0 radical (unpaired) electrons. The smallest absolute Gasteiger partial charge is 0.262 e. The second-order valence-corrected chi connectivity index (χ2v) is 4.72. The number of rotatable bonds is 6. The van der Waals surface area contributed by atoms with Gasteiger partial charge in [-0.1, -0.05) is 17.7 Å². The standard InChI is InChI=1S/C16H19N3O2/c1-12-3-5-13(6-4-12)19-16(20)11-21-15-8-7-14(9-17-2)18-10-15/h3-8,10,17H,9,11H2,1-2H3,(H,19,20). The molecule has 5 nitrogen and oxygen atoms in total. The van der Waals surface area contributed by atoms with E-state index in [9.17, 15) is 4.79 Å². The predicted molar refractivity (Wildman–Crippen MR) is 82.3 cm³/mol. The highest BCUT2D eigenvalue weighted by Crippen LogP contribution is 2.10. The van der Waals surface area contributed by atoms with Crippen LogP contribution in [0.2, 0.25) is 0 Å². The number of nitrogens with one attached hydrogen (secondary N) is 2. The van der Waals surface area contributed by atoms with Crippen molar-refractivity contribution in [3.63, 3.8) is 0 Å². The molecule has 5 heteroatoms.